The number of ketones is 1. The molecule has 0 aliphatic rings. The van der Waals surface area contributed by atoms with E-state index in [9.17, 15) is 14.9 Å². The molecular formula is C15H22N2O4. The van der Waals surface area contributed by atoms with E-state index in [1.165, 1.54) is 12.1 Å². The third kappa shape index (κ3) is 5.51. The van der Waals surface area contributed by atoms with Crippen molar-refractivity contribution in [2.75, 3.05) is 27.2 Å². The fraction of sp³-hybridized carbons (Fsp3) is 0.533. The van der Waals surface area contributed by atoms with Gasteiger partial charge in [-0.05, 0) is 39.1 Å². The van der Waals surface area contributed by atoms with Crippen molar-refractivity contribution in [1.82, 2.24) is 4.90 Å². The van der Waals surface area contributed by atoms with Gasteiger partial charge in [-0.3, -0.25) is 14.9 Å². The average molecular weight is 294 g/mol. The number of nitro benzene ring substituents is 1. The summed E-state index contributed by atoms with van der Waals surface area (Å²) in [5, 5.41) is 11.1. The minimum Gasteiger partial charge on any atom is -0.487 e. The standard InChI is InChI=1S/C15H22N2O4/c1-4-6-14(18)12-7-8-15(13(11-12)17(19)20)21-10-5-9-16(2)3/h7-8,11H,4-6,9-10H2,1-3H3. The molecule has 0 bridgehead atoms. The van der Waals surface area contributed by atoms with Crippen LogP contribution in [0.4, 0.5) is 5.69 Å². The average Bonchev–Trinajstić information content (AvgIpc) is 2.43. The summed E-state index contributed by atoms with van der Waals surface area (Å²) in [7, 11) is 3.91. The first-order chi connectivity index (χ1) is 9.95. The monoisotopic (exact) mass is 294 g/mol. The lowest BCUT2D eigenvalue weighted by Gasteiger charge is -2.11. The molecule has 0 N–H and O–H groups in total. The number of carbonyl (C=O) groups is 1. The maximum atomic E-state index is 11.8. The van der Waals surface area contributed by atoms with Crippen LogP contribution in [0.25, 0.3) is 0 Å². The predicted octanol–water partition coefficient (Wildman–Crippen LogP) is 2.91. The predicted molar refractivity (Wildman–Crippen MR) is 81.0 cm³/mol. The number of carbonyl (C=O) groups excluding carboxylic acids is 1. The molecule has 0 aromatic heterocycles. The van der Waals surface area contributed by atoms with Crippen LogP contribution in [0.1, 0.15) is 36.5 Å². The van der Waals surface area contributed by atoms with E-state index >= 15 is 0 Å². The van der Waals surface area contributed by atoms with E-state index in [1.807, 2.05) is 25.9 Å². The normalized spacial score (nSPS) is 10.7. The summed E-state index contributed by atoms with van der Waals surface area (Å²) in [5.41, 5.74) is 0.214. The molecule has 1 aromatic rings. The zero-order valence-corrected chi connectivity index (χ0v) is 12.8. The van der Waals surface area contributed by atoms with Gasteiger partial charge in [0.05, 0.1) is 11.5 Å². The van der Waals surface area contributed by atoms with Gasteiger partial charge in [-0.15, -0.1) is 0 Å². The number of benzene rings is 1. The maximum absolute atomic E-state index is 11.8. The number of rotatable bonds is 9. The van der Waals surface area contributed by atoms with Crippen molar-refractivity contribution in [3.05, 3.63) is 33.9 Å². The Morgan fingerprint density at radius 2 is 2.10 bits per heavy atom. The van der Waals surface area contributed by atoms with Gasteiger partial charge in [0.25, 0.3) is 0 Å². The minimum atomic E-state index is -0.510. The first-order valence-electron chi connectivity index (χ1n) is 7.05. The van der Waals surface area contributed by atoms with Crippen molar-refractivity contribution < 1.29 is 14.5 Å². The van der Waals surface area contributed by atoms with Crippen molar-refractivity contribution in [2.24, 2.45) is 0 Å². The summed E-state index contributed by atoms with van der Waals surface area (Å²) < 4.78 is 5.46. The fourth-order valence-corrected chi connectivity index (χ4v) is 1.89. The van der Waals surface area contributed by atoms with Crippen molar-refractivity contribution in [1.29, 1.82) is 0 Å². The molecule has 0 aliphatic carbocycles. The third-order valence-corrected chi connectivity index (χ3v) is 2.96. The second-order valence-electron chi connectivity index (χ2n) is 5.12. The van der Waals surface area contributed by atoms with Gasteiger partial charge in [0, 0.05) is 24.6 Å². The molecule has 6 nitrogen and oxygen atoms in total. The Morgan fingerprint density at radius 1 is 1.38 bits per heavy atom. The molecular weight excluding hydrogens is 272 g/mol. The number of hydrogen-bond acceptors (Lipinski definition) is 5. The van der Waals surface area contributed by atoms with Crippen LogP contribution >= 0.6 is 0 Å². The Kier molecular flexibility index (Phi) is 6.81. The van der Waals surface area contributed by atoms with Crippen LogP contribution in [0, 0.1) is 10.1 Å². The van der Waals surface area contributed by atoms with Gasteiger partial charge in [0.15, 0.2) is 11.5 Å². The Labute approximate surface area is 124 Å². The molecule has 0 spiro atoms. The van der Waals surface area contributed by atoms with Crippen LogP contribution in [0.5, 0.6) is 5.75 Å². The summed E-state index contributed by atoms with van der Waals surface area (Å²) in [6, 6.07) is 4.40. The lowest BCUT2D eigenvalue weighted by molar-refractivity contribution is -0.385. The lowest BCUT2D eigenvalue weighted by Crippen LogP contribution is -2.15. The molecule has 1 aromatic carbocycles. The van der Waals surface area contributed by atoms with Crippen molar-refractivity contribution >= 4 is 11.5 Å². The van der Waals surface area contributed by atoms with Gasteiger partial charge in [0.2, 0.25) is 0 Å². The third-order valence-electron chi connectivity index (χ3n) is 2.96. The summed E-state index contributed by atoms with van der Waals surface area (Å²) in [4.78, 5) is 24.4. The quantitative estimate of drug-likeness (QED) is 0.303. The maximum Gasteiger partial charge on any atom is 0.311 e. The highest BCUT2D eigenvalue weighted by atomic mass is 16.6. The Hall–Kier alpha value is -1.95. The van der Waals surface area contributed by atoms with E-state index < -0.39 is 4.92 Å². The molecule has 0 unspecified atom stereocenters. The van der Waals surface area contributed by atoms with Gasteiger partial charge >= 0.3 is 5.69 Å². The van der Waals surface area contributed by atoms with Crippen LogP contribution in [-0.4, -0.2) is 42.9 Å². The van der Waals surface area contributed by atoms with Crippen LogP contribution in [0.3, 0.4) is 0 Å². The lowest BCUT2D eigenvalue weighted by atomic mass is 10.1. The zero-order valence-electron chi connectivity index (χ0n) is 12.8. The molecule has 0 radical (unpaired) electrons. The number of nitrogens with zero attached hydrogens (tertiary/aromatic N) is 2. The van der Waals surface area contributed by atoms with Gasteiger partial charge < -0.3 is 9.64 Å². The van der Waals surface area contributed by atoms with Gasteiger partial charge in [-0.1, -0.05) is 6.92 Å². The van der Waals surface area contributed by atoms with Crippen LogP contribution in [0.2, 0.25) is 0 Å². The van der Waals surface area contributed by atoms with Crippen LogP contribution < -0.4 is 4.74 Å². The Bertz CT molecular complexity index is 500. The van der Waals surface area contributed by atoms with Crippen molar-refractivity contribution in [2.45, 2.75) is 26.2 Å². The summed E-state index contributed by atoms with van der Waals surface area (Å²) in [5.74, 6) is 0.131. The number of nitro groups is 1. The molecule has 0 atom stereocenters. The van der Waals surface area contributed by atoms with E-state index in [2.05, 4.69) is 0 Å². The molecule has 116 valence electrons. The summed E-state index contributed by atoms with van der Waals surface area (Å²) in [6.07, 6.45) is 1.89. The second-order valence-corrected chi connectivity index (χ2v) is 5.12. The first kappa shape index (κ1) is 17.1. The van der Waals surface area contributed by atoms with Crippen LogP contribution in [-0.2, 0) is 0 Å². The molecule has 0 fully saturated rings. The Morgan fingerprint density at radius 3 is 2.67 bits per heavy atom. The van der Waals surface area contributed by atoms with Gasteiger partial charge in [-0.25, -0.2) is 0 Å². The molecule has 0 saturated heterocycles. The molecule has 0 amide bonds. The second kappa shape index (κ2) is 8.36. The highest BCUT2D eigenvalue weighted by molar-refractivity contribution is 5.96. The molecule has 1 rings (SSSR count). The molecule has 6 heteroatoms. The van der Waals surface area contributed by atoms with Crippen LogP contribution in [0.15, 0.2) is 18.2 Å². The Balaban J connectivity index is 2.80. The van der Waals surface area contributed by atoms with E-state index in [0.29, 0.717) is 18.6 Å². The SMILES string of the molecule is CCCC(=O)c1ccc(OCCCN(C)C)c([N+](=O)[O-])c1. The number of ether oxygens (including phenoxy) is 1. The summed E-state index contributed by atoms with van der Waals surface area (Å²) in [6.45, 7) is 3.15. The van der Waals surface area contributed by atoms with Gasteiger partial charge in [-0.2, -0.15) is 0 Å². The fourth-order valence-electron chi connectivity index (χ4n) is 1.89. The molecule has 0 saturated carbocycles. The van der Waals surface area contributed by atoms with E-state index in [1.54, 1.807) is 6.07 Å². The van der Waals surface area contributed by atoms with E-state index in [4.69, 9.17) is 4.74 Å². The van der Waals surface area contributed by atoms with E-state index in [0.717, 1.165) is 19.4 Å². The smallest absolute Gasteiger partial charge is 0.311 e. The van der Waals surface area contributed by atoms with Crippen molar-refractivity contribution in [3.8, 4) is 5.75 Å². The number of Topliss-reactive ketones (excluding diaryl/α,β-unsaturated/α-hetero) is 1. The largest absolute Gasteiger partial charge is 0.487 e. The topological polar surface area (TPSA) is 72.7 Å². The molecule has 21 heavy (non-hydrogen) atoms. The summed E-state index contributed by atoms with van der Waals surface area (Å²) >= 11 is 0. The molecule has 0 aliphatic heterocycles. The minimum absolute atomic E-state index is 0.0836. The van der Waals surface area contributed by atoms with E-state index in [-0.39, 0.29) is 17.2 Å². The zero-order chi connectivity index (χ0) is 15.8. The van der Waals surface area contributed by atoms with Crippen molar-refractivity contribution in [3.63, 3.8) is 0 Å². The highest BCUT2D eigenvalue weighted by Crippen LogP contribution is 2.28. The highest BCUT2D eigenvalue weighted by Gasteiger charge is 2.18. The number of hydrogen-bond donors (Lipinski definition) is 0. The first-order valence-corrected chi connectivity index (χ1v) is 7.05. The molecule has 0 heterocycles. The van der Waals surface area contributed by atoms with Gasteiger partial charge in [0.1, 0.15) is 0 Å².